The van der Waals surface area contributed by atoms with Crippen LogP contribution in [0.3, 0.4) is 0 Å². The molecule has 0 bridgehead atoms. The Balaban J connectivity index is 3.37. The lowest BCUT2D eigenvalue weighted by Crippen LogP contribution is -2.33. The molecule has 0 radical (unpaired) electrons. The summed E-state index contributed by atoms with van der Waals surface area (Å²) in [5.74, 6) is 0.0480. The SMILES string of the molecule is CO[Si](C)(C)CCCNC(=N)N. The van der Waals surface area contributed by atoms with Crippen LogP contribution in [0.2, 0.25) is 19.1 Å². The maximum Gasteiger partial charge on any atom is 0.186 e. The van der Waals surface area contributed by atoms with Crippen LogP contribution >= 0.6 is 0 Å². The summed E-state index contributed by atoms with van der Waals surface area (Å²) in [7, 11) is 0.368. The van der Waals surface area contributed by atoms with Crippen molar-refractivity contribution in [2.24, 2.45) is 5.73 Å². The minimum Gasteiger partial charge on any atom is -0.420 e. The van der Waals surface area contributed by atoms with Gasteiger partial charge in [-0.25, -0.2) is 0 Å². The van der Waals surface area contributed by atoms with Gasteiger partial charge in [-0.15, -0.1) is 0 Å². The van der Waals surface area contributed by atoms with E-state index in [1.54, 1.807) is 7.11 Å². The Morgan fingerprint density at radius 1 is 1.58 bits per heavy atom. The van der Waals surface area contributed by atoms with Crippen molar-refractivity contribution in [1.29, 1.82) is 5.41 Å². The highest BCUT2D eigenvalue weighted by atomic mass is 28.4. The molecule has 0 aliphatic rings. The molecule has 0 aliphatic heterocycles. The first-order chi connectivity index (χ1) is 5.48. The van der Waals surface area contributed by atoms with Crippen molar-refractivity contribution in [3.05, 3.63) is 0 Å². The molecule has 12 heavy (non-hydrogen) atoms. The second kappa shape index (κ2) is 5.16. The maximum absolute atomic E-state index is 6.92. The Kier molecular flexibility index (Phi) is 4.92. The molecular weight excluding hydrogens is 170 g/mol. The molecule has 0 unspecified atom stereocenters. The molecule has 0 aromatic heterocycles. The topological polar surface area (TPSA) is 71.1 Å². The molecule has 0 rings (SSSR count). The van der Waals surface area contributed by atoms with Crippen LogP contribution in [-0.2, 0) is 4.43 Å². The van der Waals surface area contributed by atoms with E-state index >= 15 is 0 Å². The van der Waals surface area contributed by atoms with E-state index in [1.807, 2.05) is 0 Å². The highest BCUT2D eigenvalue weighted by Gasteiger charge is 2.19. The van der Waals surface area contributed by atoms with Gasteiger partial charge in [-0.05, 0) is 25.6 Å². The molecule has 0 aromatic rings. The third-order valence-electron chi connectivity index (χ3n) is 1.82. The molecule has 4 nitrogen and oxygen atoms in total. The van der Waals surface area contributed by atoms with Gasteiger partial charge >= 0.3 is 0 Å². The lowest BCUT2D eigenvalue weighted by molar-refractivity contribution is 0.402. The van der Waals surface area contributed by atoms with E-state index in [0.717, 1.165) is 19.0 Å². The molecule has 0 fully saturated rings. The maximum atomic E-state index is 6.92. The molecule has 0 aromatic carbocycles. The molecule has 0 saturated heterocycles. The fraction of sp³-hybridized carbons (Fsp3) is 0.857. The summed E-state index contributed by atoms with van der Waals surface area (Å²) < 4.78 is 5.37. The Hall–Kier alpha value is -0.553. The zero-order valence-electron chi connectivity index (χ0n) is 8.11. The van der Waals surface area contributed by atoms with Gasteiger partial charge in [-0.2, -0.15) is 0 Å². The van der Waals surface area contributed by atoms with E-state index in [-0.39, 0.29) is 5.96 Å². The van der Waals surface area contributed by atoms with E-state index in [1.165, 1.54) is 0 Å². The monoisotopic (exact) mass is 189 g/mol. The van der Waals surface area contributed by atoms with Crippen LogP contribution in [0.1, 0.15) is 6.42 Å². The summed E-state index contributed by atoms with van der Waals surface area (Å²) in [6.45, 7) is 5.14. The first kappa shape index (κ1) is 11.4. The van der Waals surface area contributed by atoms with Crippen molar-refractivity contribution in [1.82, 2.24) is 5.32 Å². The second-order valence-electron chi connectivity index (χ2n) is 3.41. The quantitative estimate of drug-likeness (QED) is 0.258. The number of hydrogen-bond donors (Lipinski definition) is 3. The smallest absolute Gasteiger partial charge is 0.186 e. The predicted octanol–water partition coefficient (Wildman–Crippen LogP) is 0.711. The molecule has 5 heteroatoms. The van der Waals surface area contributed by atoms with Gasteiger partial charge in [-0.1, -0.05) is 0 Å². The van der Waals surface area contributed by atoms with Gasteiger partial charge in [0.15, 0.2) is 14.3 Å². The van der Waals surface area contributed by atoms with Crippen molar-refractivity contribution >= 4 is 14.3 Å². The van der Waals surface area contributed by atoms with Gasteiger partial charge in [0.1, 0.15) is 0 Å². The summed E-state index contributed by atoms with van der Waals surface area (Å²) in [6.07, 6.45) is 1.02. The van der Waals surface area contributed by atoms with Crippen LogP contribution < -0.4 is 11.1 Å². The molecule has 72 valence electrons. The molecular formula is C7H19N3OSi. The van der Waals surface area contributed by atoms with E-state index in [4.69, 9.17) is 15.6 Å². The van der Waals surface area contributed by atoms with Crippen LogP contribution in [0, 0.1) is 5.41 Å². The van der Waals surface area contributed by atoms with Crippen LogP contribution in [-0.4, -0.2) is 27.9 Å². The summed E-state index contributed by atoms with van der Waals surface area (Å²) in [6, 6.07) is 1.10. The van der Waals surface area contributed by atoms with Crippen molar-refractivity contribution in [3.8, 4) is 0 Å². The largest absolute Gasteiger partial charge is 0.420 e. The van der Waals surface area contributed by atoms with Crippen molar-refractivity contribution in [2.75, 3.05) is 13.7 Å². The minimum atomic E-state index is -1.40. The van der Waals surface area contributed by atoms with Gasteiger partial charge in [0.2, 0.25) is 0 Å². The predicted molar refractivity (Wildman–Crippen MR) is 53.8 cm³/mol. The zero-order chi connectivity index (χ0) is 9.61. The highest BCUT2D eigenvalue weighted by Crippen LogP contribution is 2.11. The van der Waals surface area contributed by atoms with Crippen LogP contribution in [0.5, 0.6) is 0 Å². The molecule has 0 spiro atoms. The Morgan fingerprint density at radius 2 is 2.17 bits per heavy atom. The molecule has 0 amide bonds. The normalized spacial score (nSPS) is 11.2. The van der Waals surface area contributed by atoms with Crippen molar-refractivity contribution < 1.29 is 4.43 Å². The Bertz CT molecular complexity index is 150. The van der Waals surface area contributed by atoms with E-state index in [9.17, 15) is 0 Å². The first-order valence-electron chi connectivity index (χ1n) is 4.11. The number of hydrogen-bond acceptors (Lipinski definition) is 2. The fourth-order valence-corrected chi connectivity index (χ4v) is 2.07. The highest BCUT2D eigenvalue weighted by molar-refractivity contribution is 6.71. The Morgan fingerprint density at radius 3 is 2.58 bits per heavy atom. The van der Waals surface area contributed by atoms with Gasteiger partial charge in [-0.3, -0.25) is 5.41 Å². The summed E-state index contributed by atoms with van der Waals surface area (Å²) >= 11 is 0. The average Bonchev–Trinajstić information content (AvgIpc) is 1.98. The van der Waals surface area contributed by atoms with Gasteiger partial charge < -0.3 is 15.5 Å². The molecule has 0 atom stereocenters. The number of nitrogens with two attached hydrogens (primary N) is 1. The van der Waals surface area contributed by atoms with Crippen LogP contribution in [0.15, 0.2) is 0 Å². The standard InChI is InChI=1S/C7H19N3OSi/c1-11-12(2,3)6-4-5-10-7(8)9/h4-6H2,1-3H3,(H4,8,9,10). The summed E-state index contributed by atoms with van der Waals surface area (Å²) in [4.78, 5) is 0. The first-order valence-corrected chi connectivity index (χ1v) is 7.22. The van der Waals surface area contributed by atoms with E-state index in [0.29, 0.717) is 0 Å². The summed E-state index contributed by atoms with van der Waals surface area (Å²) in [5, 5.41) is 9.69. The van der Waals surface area contributed by atoms with Crippen molar-refractivity contribution in [2.45, 2.75) is 25.6 Å². The van der Waals surface area contributed by atoms with Gasteiger partial charge in [0.25, 0.3) is 0 Å². The molecule has 0 aliphatic carbocycles. The van der Waals surface area contributed by atoms with Crippen molar-refractivity contribution in [3.63, 3.8) is 0 Å². The molecule has 0 heterocycles. The lowest BCUT2D eigenvalue weighted by atomic mass is 10.5. The van der Waals surface area contributed by atoms with E-state index in [2.05, 4.69) is 18.4 Å². The molecule has 0 saturated carbocycles. The average molecular weight is 189 g/mol. The van der Waals surface area contributed by atoms with Gasteiger partial charge in [0.05, 0.1) is 0 Å². The number of nitrogens with one attached hydrogen (secondary N) is 2. The lowest BCUT2D eigenvalue weighted by Gasteiger charge is -2.19. The third-order valence-corrected chi connectivity index (χ3v) is 4.49. The van der Waals surface area contributed by atoms with Gasteiger partial charge in [0, 0.05) is 13.7 Å². The fourth-order valence-electron chi connectivity index (χ4n) is 0.839. The summed E-state index contributed by atoms with van der Waals surface area (Å²) in [5.41, 5.74) is 5.13. The Labute approximate surface area is 75.1 Å². The zero-order valence-corrected chi connectivity index (χ0v) is 9.11. The van der Waals surface area contributed by atoms with E-state index < -0.39 is 8.32 Å². The molecule has 4 N–H and O–H groups in total. The number of rotatable bonds is 5. The second-order valence-corrected chi connectivity index (χ2v) is 7.84. The van der Waals surface area contributed by atoms with Crippen LogP contribution in [0.4, 0.5) is 0 Å². The van der Waals surface area contributed by atoms with Crippen LogP contribution in [0.25, 0.3) is 0 Å². The minimum absolute atomic E-state index is 0.0480. The number of guanidine groups is 1. The third kappa shape index (κ3) is 6.18.